The zero-order valence-corrected chi connectivity index (χ0v) is 24.8. The van der Waals surface area contributed by atoms with Gasteiger partial charge in [-0.3, -0.25) is 13.9 Å². The Kier molecular flexibility index (Phi) is 10.0. The number of benzene rings is 3. The summed E-state index contributed by atoms with van der Waals surface area (Å²) in [5, 5.41) is 3.13. The highest BCUT2D eigenvalue weighted by Crippen LogP contribution is 2.26. The molecule has 0 spiro atoms. The molecule has 0 aromatic heterocycles. The van der Waals surface area contributed by atoms with Gasteiger partial charge in [0.1, 0.15) is 18.3 Å². The van der Waals surface area contributed by atoms with E-state index < -0.39 is 28.5 Å². The molecule has 1 N–H and O–H groups in total. The van der Waals surface area contributed by atoms with Gasteiger partial charge in [-0.2, -0.15) is 0 Å². The van der Waals surface area contributed by atoms with Crippen LogP contribution >= 0.6 is 0 Å². The molecule has 1 fully saturated rings. The quantitative estimate of drug-likeness (QED) is 0.344. The van der Waals surface area contributed by atoms with E-state index in [0.29, 0.717) is 11.4 Å². The van der Waals surface area contributed by atoms with Crippen molar-refractivity contribution in [3.63, 3.8) is 0 Å². The number of methoxy groups -OCH3 is 1. The summed E-state index contributed by atoms with van der Waals surface area (Å²) in [4.78, 5) is 29.0. The predicted octanol–water partition coefficient (Wildman–Crippen LogP) is 5.07. The minimum atomic E-state index is -4.13. The van der Waals surface area contributed by atoms with E-state index in [2.05, 4.69) is 5.32 Å². The van der Waals surface area contributed by atoms with Gasteiger partial charge in [-0.15, -0.1) is 0 Å². The van der Waals surface area contributed by atoms with Gasteiger partial charge in [-0.25, -0.2) is 8.42 Å². The zero-order chi connectivity index (χ0) is 29.4. The van der Waals surface area contributed by atoms with Crippen LogP contribution in [0.2, 0.25) is 0 Å². The molecule has 0 radical (unpaired) electrons. The lowest BCUT2D eigenvalue weighted by Crippen LogP contribution is -2.53. The second-order valence-corrected chi connectivity index (χ2v) is 12.4. The normalized spacial score (nSPS) is 14.6. The molecule has 0 saturated heterocycles. The molecule has 0 heterocycles. The molecule has 9 heteroatoms. The Labute approximate surface area is 243 Å². The molecule has 3 aromatic carbocycles. The van der Waals surface area contributed by atoms with Gasteiger partial charge in [0.05, 0.1) is 17.7 Å². The first-order chi connectivity index (χ1) is 19.7. The van der Waals surface area contributed by atoms with Crippen molar-refractivity contribution in [2.45, 2.75) is 69.5 Å². The largest absolute Gasteiger partial charge is 0.497 e. The monoisotopic (exact) mass is 577 g/mol. The number of carbonyl (C=O) groups excluding carboxylic acids is 2. The average molecular weight is 578 g/mol. The second kappa shape index (κ2) is 13.7. The third-order valence-electron chi connectivity index (χ3n) is 7.69. The summed E-state index contributed by atoms with van der Waals surface area (Å²) < 4.78 is 34.1. The molecule has 1 aliphatic rings. The fourth-order valence-electron chi connectivity index (χ4n) is 5.12. The summed E-state index contributed by atoms with van der Waals surface area (Å²) >= 11 is 0. The van der Waals surface area contributed by atoms with E-state index in [1.54, 1.807) is 49.4 Å². The zero-order valence-electron chi connectivity index (χ0n) is 24.0. The van der Waals surface area contributed by atoms with E-state index >= 15 is 0 Å². The van der Waals surface area contributed by atoms with Crippen LogP contribution in [-0.2, 0) is 26.2 Å². The van der Waals surface area contributed by atoms with Gasteiger partial charge >= 0.3 is 0 Å². The van der Waals surface area contributed by atoms with Gasteiger partial charge in [-0.1, -0.05) is 61.7 Å². The van der Waals surface area contributed by atoms with Crippen molar-refractivity contribution in [1.82, 2.24) is 10.2 Å². The fourth-order valence-corrected chi connectivity index (χ4v) is 6.53. The van der Waals surface area contributed by atoms with Crippen LogP contribution in [0.5, 0.6) is 5.75 Å². The van der Waals surface area contributed by atoms with Crippen LogP contribution in [0.25, 0.3) is 0 Å². The van der Waals surface area contributed by atoms with E-state index in [1.807, 2.05) is 31.2 Å². The first kappa shape index (κ1) is 30.1. The van der Waals surface area contributed by atoms with Gasteiger partial charge in [0.15, 0.2) is 0 Å². The standard InChI is InChI=1S/C32H39N3O5S/c1-24-12-10-11-13-26(24)22-34(25(2)32(37)33-27-14-6-4-7-15-27)31(36)23-35(28-16-8-5-9-17-28)41(38,39)30-20-18-29(40-3)19-21-30/h5,8-13,16-21,25,27H,4,6-7,14-15,22-23H2,1-3H3,(H,33,37)/t25-/m1/s1. The predicted molar refractivity (Wildman–Crippen MR) is 160 cm³/mol. The summed E-state index contributed by atoms with van der Waals surface area (Å²) in [5.41, 5.74) is 2.23. The fraction of sp³-hybridized carbons (Fsp3) is 0.375. The number of sulfonamides is 1. The van der Waals surface area contributed by atoms with Crippen LogP contribution in [0, 0.1) is 6.92 Å². The number of carbonyl (C=O) groups is 2. The number of ether oxygens (including phenoxy) is 1. The van der Waals surface area contributed by atoms with Gasteiger partial charge in [-0.05, 0) is 74.2 Å². The molecular formula is C32H39N3O5S. The van der Waals surface area contributed by atoms with Crippen LogP contribution in [0.3, 0.4) is 0 Å². The van der Waals surface area contributed by atoms with Gasteiger partial charge in [0.25, 0.3) is 10.0 Å². The minimum Gasteiger partial charge on any atom is -0.497 e. The Morgan fingerprint density at radius 2 is 1.56 bits per heavy atom. The Bertz CT molecular complexity index is 1420. The highest BCUT2D eigenvalue weighted by molar-refractivity contribution is 7.92. The molecule has 0 unspecified atom stereocenters. The Morgan fingerprint density at radius 1 is 0.927 bits per heavy atom. The molecule has 1 atom stereocenters. The summed E-state index contributed by atoms with van der Waals surface area (Å²) in [6, 6.07) is 21.6. The van der Waals surface area contributed by atoms with Crippen molar-refractivity contribution in [2.24, 2.45) is 0 Å². The first-order valence-electron chi connectivity index (χ1n) is 14.1. The smallest absolute Gasteiger partial charge is 0.264 e. The number of amides is 2. The van der Waals surface area contributed by atoms with E-state index in [1.165, 1.54) is 24.1 Å². The number of hydrogen-bond acceptors (Lipinski definition) is 5. The molecule has 41 heavy (non-hydrogen) atoms. The number of aryl methyl sites for hydroxylation is 1. The lowest BCUT2D eigenvalue weighted by molar-refractivity contribution is -0.139. The second-order valence-electron chi connectivity index (χ2n) is 10.5. The van der Waals surface area contributed by atoms with Crippen molar-refractivity contribution in [1.29, 1.82) is 0 Å². The van der Waals surface area contributed by atoms with E-state index in [-0.39, 0.29) is 23.4 Å². The van der Waals surface area contributed by atoms with Crippen molar-refractivity contribution >= 4 is 27.5 Å². The van der Waals surface area contributed by atoms with Gasteiger partial charge in [0, 0.05) is 12.6 Å². The third kappa shape index (κ3) is 7.47. The number of anilines is 1. The molecule has 0 bridgehead atoms. The maximum absolute atomic E-state index is 14.1. The molecule has 2 amide bonds. The molecular weight excluding hydrogens is 538 g/mol. The van der Waals surface area contributed by atoms with Crippen LogP contribution in [0.15, 0.2) is 83.8 Å². The molecule has 3 aromatic rings. The van der Waals surface area contributed by atoms with Gasteiger partial charge < -0.3 is 15.0 Å². The number of nitrogens with one attached hydrogen (secondary N) is 1. The maximum atomic E-state index is 14.1. The van der Waals surface area contributed by atoms with Crippen LogP contribution in [-0.4, -0.2) is 50.9 Å². The van der Waals surface area contributed by atoms with Crippen LogP contribution in [0.1, 0.15) is 50.2 Å². The molecule has 0 aliphatic heterocycles. The van der Waals surface area contributed by atoms with Crippen molar-refractivity contribution in [3.8, 4) is 5.75 Å². The Balaban J connectivity index is 1.66. The maximum Gasteiger partial charge on any atom is 0.264 e. The number of nitrogens with zero attached hydrogens (tertiary/aromatic N) is 2. The van der Waals surface area contributed by atoms with Crippen molar-refractivity contribution in [3.05, 3.63) is 90.0 Å². The van der Waals surface area contributed by atoms with E-state index in [9.17, 15) is 18.0 Å². The van der Waals surface area contributed by atoms with Crippen LogP contribution in [0.4, 0.5) is 5.69 Å². The summed E-state index contributed by atoms with van der Waals surface area (Å²) in [6.07, 6.45) is 5.15. The minimum absolute atomic E-state index is 0.0310. The molecule has 1 aliphatic carbocycles. The lowest BCUT2D eigenvalue weighted by Gasteiger charge is -2.33. The highest BCUT2D eigenvalue weighted by Gasteiger charge is 2.33. The molecule has 8 nitrogen and oxygen atoms in total. The van der Waals surface area contributed by atoms with E-state index in [4.69, 9.17) is 4.74 Å². The number of para-hydroxylation sites is 1. The molecule has 218 valence electrons. The van der Waals surface area contributed by atoms with Gasteiger partial charge in [0.2, 0.25) is 11.8 Å². The summed E-state index contributed by atoms with van der Waals surface area (Å²) in [6.45, 7) is 3.37. The number of rotatable bonds is 11. The third-order valence-corrected chi connectivity index (χ3v) is 9.48. The molecule has 4 rings (SSSR count). The topological polar surface area (TPSA) is 96.0 Å². The highest BCUT2D eigenvalue weighted by atomic mass is 32.2. The molecule has 1 saturated carbocycles. The van der Waals surface area contributed by atoms with Crippen molar-refractivity contribution < 1.29 is 22.7 Å². The Morgan fingerprint density at radius 3 is 2.20 bits per heavy atom. The SMILES string of the molecule is COc1ccc(S(=O)(=O)N(CC(=O)N(Cc2ccccc2C)[C@H](C)C(=O)NC2CCCCC2)c2ccccc2)cc1. The van der Waals surface area contributed by atoms with E-state index in [0.717, 1.165) is 47.5 Å². The van der Waals surface area contributed by atoms with Crippen LogP contribution < -0.4 is 14.4 Å². The number of hydrogen-bond donors (Lipinski definition) is 1. The average Bonchev–Trinajstić information content (AvgIpc) is 3.00. The summed E-state index contributed by atoms with van der Waals surface area (Å²) in [7, 11) is -2.62. The lowest BCUT2D eigenvalue weighted by atomic mass is 9.95. The van der Waals surface area contributed by atoms with Crippen molar-refractivity contribution in [2.75, 3.05) is 18.0 Å². The Hall–Kier alpha value is -3.85. The first-order valence-corrected chi connectivity index (χ1v) is 15.5. The summed E-state index contributed by atoms with van der Waals surface area (Å²) in [5.74, 6) is -0.183.